The maximum atomic E-state index is 11.6. The zero-order valence-corrected chi connectivity index (χ0v) is 15.4. The number of aliphatic hydroxyl groups excluding tert-OH is 2. The Labute approximate surface area is 136 Å². The largest absolute Gasteiger partial charge is 0.490 e. The van der Waals surface area contributed by atoms with Gasteiger partial charge in [-0.15, -0.1) is 0 Å². The van der Waals surface area contributed by atoms with E-state index in [2.05, 4.69) is 13.1 Å². The van der Waals surface area contributed by atoms with Crippen molar-refractivity contribution in [3.05, 3.63) is 0 Å². The molecule has 3 unspecified atom stereocenters. The molecule has 144 valence electrons. The lowest BCUT2D eigenvalue weighted by molar-refractivity contribution is -0.125. The van der Waals surface area contributed by atoms with Crippen LogP contribution in [0.5, 0.6) is 0 Å². The average molecular weight is 416 g/mol. The average Bonchev–Trinajstić information content (AvgIpc) is 2.43. The van der Waals surface area contributed by atoms with E-state index in [1.807, 2.05) is 0 Å². The van der Waals surface area contributed by atoms with E-state index in [0.717, 1.165) is 0 Å². The Kier molecular flexibility index (Phi) is 6.32. The van der Waals surface area contributed by atoms with Gasteiger partial charge in [-0.3, -0.25) is 4.52 Å². The summed E-state index contributed by atoms with van der Waals surface area (Å²) in [5, 5.41) is 19.8. The van der Waals surface area contributed by atoms with Crippen molar-refractivity contribution in [1.82, 2.24) is 0 Å². The van der Waals surface area contributed by atoms with E-state index >= 15 is 0 Å². The van der Waals surface area contributed by atoms with Crippen LogP contribution < -0.4 is 0 Å². The summed E-state index contributed by atoms with van der Waals surface area (Å²) < 4.78 is 50.1. The van der Waals surface area contributed by atoms with E-state index in [9.17, 15) is 28.8 Å². The molecular formula is C8H19O13P3. The second-order valence-electron chi connectivity index (χ2n) is 5.77. The van der Waals surface area contributed by atoms with Gasteiger partial charge in [0.2, 0.25) is 0 Å². The van der Waals surface area contributed by atoms with Crippen molar-refractivity contribution in [3.63, 3.8) is 0 Å². The first-order chi connectivity index (χ1) is 10.4. The lowest BCUT2D eigenvalue weighted by Crippen LogP contribution is -2.44. The van der Waals surface area contributed by atoms with E-state index in [4.69, 9.17) is 19.4 Å². The molecule has 0 amide bonds. The molecule has 13 nitrogen and oxygen atoms in total. The minimum atomic E-state index is -5.63. The standard InChI is InChI=1S/C8H19O13P3/c1-7(2)5(9)6(10)8(3,19-7)4-18-23(14,15)21-24(16,17)20-22(11,12)13/h5-6,9-10H,4H2,1-3H3,(H,14,15)(H,16,17)(H2,11,12,13)/t5-,6?,8-/m0/s1. The van der Waals surface area contributed by atoms with Crippen LogP contribution >= 0.6 is 23.5 Å². The fraction of sp³-hybridized carbons (Fsp3) is 1.00. The zero-order chi connectivity index (χ0) is 19.2. The van der Waals surface area contributed by atoms with Crippen LogP contribution in [0.2, 0.25) is 0 Å². The highest BCUT2D eigenvalue weighted by molar-refractivity contribution is 7.66. The van der Waals surface area contributed by atoms with Crippen LogP contribution in [0.4, 0.5) is 0 Å². The van der Waals surface area contributed by atoms with Crippen molar-refractivity contribution in [2.45, 2.75) is 44.2 Å². The fourth-order valence-electron chi connectivity index (χ4n) is 2.06. The van der Waals surface area contributed by atoms with E-state index in [1.54, 1.807) is 0 Å². The van der Waals surface area contributed by atoms with Gasteiger partial charge < -0.3 is 34.5 Å². The lowest BCUT2D eigenvalue weighted by Gasteiger charge is -2.29. The van der Waals surface area contributed by atoms with Gasteiger partial charge >= 0.3 is 23.5 Å². The number of phosphoric acid groups is 3. The van der Waals surface area contributed by atoms with Gasteiger partial charge in [0.25, 0.3) is 0 Å². The van der Waals surface area contributed by atoms with E-state index in [0.29, 0.717) is 0 Å². The van der Waals surface area contributed by atoms with Crippen molar-refractivity contribution >= 4 is 23.5 Å². The van der Waals surface area contributed by atoms with E-state index < -0.39 is 53.5 Å². The molecule has 0 radical (unpaired) electrons. The molecule has 0 spiro atoms. The number of hydrogen-bond acceptors (Lipinski definition) is 9. The van der Waals surface area contributed by atoms with Gasteiger partial charge in [-0.05, 0) is 20.8 Å². The Morgan fingerprint density at radius 2 is 1.42 bits per heavy atom. The van der Waals surface area contributed by atoms with Crippen LogP contribution in [-0.4, -0.2) is 59.8 Å². The summed E-state index contributed by atoms with van der Waals surface area (Å²) in [6.07, 6.45) is -2.88. The van der Waals surface area contributed by atoms with E-state index in [-0.39, 0.29) is 0 Å². The van der Waals surface area contributed by atoms with Crippen molar-refractivity contribution in [2.75, 3.05) is 6.61 Å². The normalized spacial score (nSPS) is 35.4. The van der Waals surface area contributed by atoms with Gasteiger partial charge in [0.05, 0.1) is 12.2 Å². The van der Waals surface area contributed by atoms with Crippen molar-refractivity contribution in [3.8, 4) is 0 Å². The first-order valence-electron chi connectivity index (χ1n) is 6.24. The summed E-state index contributed by atoms with van der Waals surface area (Å²) in [7, 11) is -16.4. The summed E-state index contributed by atoms with van der Waals surface area (Å²) in [6.45, 7) is 3.26. The van der Waals surface area contributed by atoms with Crippen LogP contribution in [0, 0.1) is 0 Å². The molecule has 5 atom stereocenters. The zero-order valence-electron chi connectivity index (χ0n) is 12.7. The second kappa shape index (κ2) is 6.79. The molecule has 1 heterocycles. The van der Waals surface area contributed by atoms with Crippen molar-refractivity contribution in [2.24, 2.45) is 0 Å². The summed E-state index contributed by atoms with van der Waals surface area (Å²) >= 11 is 0. The highest BCUT2D eigenvalue weighted by Gasteiger charge is 2.56. The van der Waals surface area contributed by atoms with Crippen LogP contribution in [0.25, 0.3) is 0 Å². The molecule has 0 aliphatic carbocycles. The van der Waals surface area contributed by atoms with Crippen LogP contribution in [-0.2, 0) is 31.6 Å². The Morgan fingerprint density at radius 3 is 1.79 bits per heavy atom. The molecule has 0 aromatic carbocycles. The van der Waals surface area contributed by atoms with Crippen molar-refractivity contribution in [1.29, 1.82) is 0 Å². The number of phosphoric ester groups is 1. The predicted octanol–water partition coefficient (Wildman–Crippen LogP) is -0.381. The second-order valence-corrected chi connectivity index (χ2v) is 10.2. The quantitative estimate of drug-likeness (QED) is 0.293. The van der Waals surface area contributed by atoms with Crippen LogP contribution in [0.15, 0.2) is 0 Å². The first kappa shape index (κ1) is 22.3. The maximum absolute atomic E-state index is 11.6. The molecule has 24 heavy (non-hydrogen) atoms. The topological polar surface area (TPSA) is 210 Å². The molecule has 0 bridgehead atoms. The summed E-state index contributed by atoms with van der Waals surface area (Å²) in [4.78, 5) is 35.2. The Morgan fingerprint density at radius 1 is 0.917 bits per heavy atom. The summed E-state index contributed by atoms with van der Waals surface area (Å²) in [5.74, 6) is 0. The molecule has 6 N–H and O–H groups in total. The molecule has 0 aromatic rings. The highest BCUT2D eigenvalue weighted by Crippen LogP contribution is 2.66. The molecule has 1 aliphatic rings. The van der Waals surface area contributed by atoms with Gasteiger partial charge in [0, 0.05) is 0 Å². The molecule has 1 saturated heterocycles. The van der Waals surface area contributed by atoms with Crippen molar-refractivity contribution < 1.29 is 61.4 Å². The molecule has 0 saturated carbocycles. The molecule has 1 aliphatic heterocycles. The minimum Gasteiger partial charge on any atom is -0.387 e. The predicted molar refractivity (Wildman–Crippen MR) is 75.4 cm³/mol. The smallest absolute Gasteiger partial charge is 0.387 e. The van der Waals surface area contributed by atoms with Gasteiger partial charge in [0.15, 0.2) is 0 Å². The summed E-state index contributed by atoms with van der Waals surface area (Å²) in [6, 6.07) is 0. The number of rotatable bonds is 7. The molecule has 1 rings (SSSR count). The SMILES string of the molecule is CC1(C)O[C@@](C)(COP(=O)(O)OP(=O)(O)OP(=O)(O)O)C(O)[C@@H]1O. The van der Waals surface area contributed by atoms with Gasteiger partial charge in [0.1, 0.15) is 17.8 Å². The molecule has 1 fully saturated rings. The van der Waals surface area contributed by atoms with Crippen LogP contribution in [0.3, 0.4) is 0 Å². The molecular weight excluding hydrogens is 397 g/mol. The maximum Gasteiger partial charge on any atom is 0.490 e. The number of hydrogen-bond donors (Lipinski definition) is 6. The summed E-state index contributed by atoms with van der Waals surface area (Å²) in [5.41, 5.74) is -2.89. The third-order valence-electron chi connectivity index (χ3n) is 3.06. The Hall–Kier alpha value is 0.290. The first-order valence-corrected chi connectivity index (χ1v) is 10.8. The Balaban J connectivity index is 2.77. The monoisotopic (exact) mass is 416 g/mol. The van der Waals surface area contributed by atoms with Gasteiger partial charge in [-0.2, -0.15) is 8.62 Å². The van der Waals surface area contributed by atoms with Gasteiger partial charge in [-0.1, -0.05) is 0 Å². The third kappa shape index (κ3) is 5.93. The third-order valence-corrected chi connectivity index (χ3v) is 6.85. The fourth-order valence-corrected chi connectivity index (χ4v) is 5.18. The number of aliphatic hydroxyl groups is 2. The van der Waals surface area contributed by atoms with E-state index in [1.165, 1.54) is 20.8 Å². The molecule has 0 aromatic heterocycles. The highest BCUT2D eigenvalue weighted by atomic mass is 31.3. The van der Waals surface area contributed by atoms with Crippen LogP contribution in [0.1, 0.15) is 20.8 Å². The minimum absolute atomic E-state index is 0.863. The molecule has 16 heteroatoms. The van der Waals surface area contributed by atoms with Gasteiger partial charge in [-0.25, -0.2) is 13.7 Å². The lowest BCUT2D eigenvalue weighted by atomic mass is 9.93. The number of ether oxygens (including phenoxy) is 1. The Bertz CT molecular complexity index is 612.